The van der Waals surface area contributed by atoms with Gasteiger partial charge in [0.05, 0.1) is 18.0 Å². The van der Waals surface area contributed by atoms with Gasteiger partial charge in [0.25, 0.3) is 0 Å². The lowest BCUT2D eigenvalue weighted by atomic mass is 10.2. The van der Waals surface area contributed by atoms with Crippen molar-refractivity contribution in [3.05, 3.63) is 20.8 Å². The van der Waals surface area contributed by atoms with Gasteiger partial charge in [-0.05, 0) is 41.2 Å². The fourth-order valence-corrected chi connectivity index (χ4v) is 3.00. The van der Waals surface area contributed by atoms with E-state index in [1.54, 1.807) is 7.11 Å². The van der Waals surface area contributed by atoms with Crippen LogP contribution in [-0.4, -0.2) is 43.5 Å². The Balaban J connectivity index is 2.61. The molecule has 0 atom stereocenters. The monoisotopic (exact) mass is 319 g/mol. The van der Waals surface area contributed by atoms with E-state index in [1.807, 2.05) is 11.4 Å². The number of Topliss-reactive ketones (excluding diaryl/α,β-unsaturated/α-hetero) is 1. The van der Waals surface area contributed by atoms with E-state index in [9.17, 15) is 4.79 Å². The average Bonchev–Trinajstić information content (AvgIpc) is 2.70. The maximum Gasteiger partial charge on any atom is 0.187 e. The first kappa shape index (κ1) is 14.8. The Morgan fingerprint density at radius 3 is 2.76 bits per heavy atom. The van der Waals surface area contributed by atoms with Gasteiger partial charge in [-0.25, -0.2) is 0 Å². The highest BCUT2D eigenvalue weighted by molar-refractivity contribution is 9.10. The molecule has 96 valence electrons. The molecule has 0 aromatic carbocycles. The lowest BCUT2D eigenvalue weighted by molar-refractivity contribution is 0.0855. The van der Waals surface area contributed by atoms with Crippen LogP contribution in [-0.2, 0) is 4.74 Å². The van der Waals surface area contributed by atoms with Crippen molar-refractivity contribution in [3.63, 3.8) is 0 Å². The molecule has 0 unspecified atom stereocenters. The predicted octanol–water partition coefficient (Wildman–Crippen LogP) is 3.05. The van der Waals surface area contributed by atoms with Crippen LogP contribution in [0, 0.1) is 0 Å². The first-order valence-electron chi connectivity index (χ1n) is 5.55. The molecule has 0 amide bonds. The number of hydrogen-bond acceptors (Lipinski definition) is 4. The largest absolute Gasteiger partial charge is 0.383 e. The SMILES string of the molecule is COCCN(CC(=O)c1sccc1Br)C(C)C. The molecule has 1 rings (SSSR count). The third-order valence-corrected chi connectivity index (χ3v) is 4.41. The Morgan fingerprint density at radius 2 is 2.29 bits per heavy atom. The summed E-state index contributed by atoms with van der Waals surface area (Å²) in [6.45, 7) is 6.05. The number of carbonyl (C=O) groups is 1. The van der Waals surface area contributed by atoms with Gasteiger partial charge in [0, 0.05) is 24.2 Å². The Hall–Kier alpha value is -0.230. The summed E-state index contributed by atoms with van der Waals surface area (Å²) in [4.78, 5) is 15.0. The molecule has 1 aromatic rings. The van der Waals surface area contributed by atoms with Crippen molar-refractivity contribution in [1.82, 2.24) is 4.90 Å². The van der Waals surface area contributed by atoms with E-state index in [0.29, 0.717) is 19.2 Å². The minimum Gasteiger partial charge on any atom is -0.383 e. The van der Waals surface area contributed by atoms with Crippen molar-refractivity contribution in [1.29, 1.82) is 0 Å². The number of nitrogens with zero attached hydrogens (tertiary/aromatic N) is 1. The first-order valence-corrected chi connectivity index (χ1v) is 7.22. The van der Waals surface area contributed by atoms with E-state index in [2.05, 4.69) is 34.7 Å². The summed E-state index contributed by atoms with van der Waals surface area (Å²) in [6, 6.07) is 2.25. The molecule has 0 aliphatic rings. The molecule has 0 fully saturated rings. The molecule has 17 heavy (non-hydrogen) atoms. The summed E-state index contributed by atoms with van der Waals surface area (Å²) in [5, 5.41) is 1.92. The van der Waals surface area contributed by atoms with E-state index >= 15 is 0 Å². The zero-order chi connectivity index (χ0) is 12.8. The minimum absolute atomic E-state index is 0.164. The second-order valence-corrected chi connectivity index (χ2v) is 5.85. The number of hydrogen-bond donors (Lipinski definition) is 0. The van der Waals surface area contributed by atoms with Crippen LogP contribution < -0.4 is 0 Å². The van der Waals surface area contributed by atoms with Gasteiger partial charge in [0.15, 0.2) is 5.78 Å². The number of ether oxygens (including phenoxy) is 1. The molecule has 0 N–H and O–H groups in total. The van der Waals surface area contributed by atoms with Crippen molar-refractivity contribution < 1.29 is 9.53 Å². The molecule has 0 saturated heterocycles. The molecule has 0 radical (unpaired) electrons. The molecule has 3 nitrogen and oxygen atoms in total. The van der Waals surface area contributed by atoms with Crippen LogP contribution in [0.2, 0.25) is 0 Å². The number of rotatable bonds is 7. The van der Waals surface area contributed by atoms with Crippen molar-refractivity contribution in [2.75, 3.05) is 26.8 Å². The lowest BCUT2D eigenvalue weighted by Gasteiger charge is -2.25. The summed E-state index contributed by atoms with van der Waals surface area (Å²) in [7, 11) is 1.68. The summed E-state index contributed by atoms with van der Waals surface area (Å²) >= 11 is 4.87. The first-order chi connectivity index (χ1) is 8.06. The van der Waals surface area contributed by atoms with E-state index in [-0.39, 0.29) is 5.78 Å². The highest BCUT2D eigenvalue weighted by Crippen LogP contribution is 2.23. The molecule has 5 heteroatoms. The standard InChI is InChI=1S/C12H18BrNO2S/c1-9(2)14(5-6-16-3)8-11(15)12-10(13)4-7-17-12/h4,7,9H,5-6,8H2,1-3H3. The number of methoxy groups -OCH3 is 1. The third-order valence-electron chi connectivity index (χ3n) is 2.53. The molecule has 0 aliphatic heterocycles. The maximum absolute atomic E-state index is 12.1. The second kappa shape index (κ2) is 7.26. The summed E-state index contributed by atoms with van der Waals surface area (Å²) in [5.74, 6) is 0.164. The molecule has 1 aromatic heterocycles. The highest BCUT2D eigenvalue weighted by atomic mass is 79.9. The van der Waals surface area contributed by atoms with Crippen LogP contribution in [0.5, 0.6) is 0 Å². The Labute approximate surface area is 115 Å². The summed E-state index contributed by atoms with van der Waals surface area (Å²) < 4.78 is 5.95. The quantitative estimate of drug-likeness (QED) is 0.723. The lowest BCUT2D eigenvalue weighted by Crippen LogP contribution is -2.37. The van der Waals surface area contributed by atoms with Gasteiger partial charge in [0.2, 0.25) is 0 Å². The number of carbonyl (C=O) groups excluding carboxylic acids is 1. The van der Waals surface area contributed by atoms with Gasteiger partial charge in [-0.15, -0.1) is 11.3 Å². The van der Waals surface area contributed by atoms with Crippen LogP contribution in [0.1, 0.15) is 23.5 Å². The van der Waals surface area contributed by atoms with Gasteiger partial charge < -0.3 is 4.74 Å². The summed E-state index contributed by atoms with van der Waals surface area (Å²) in [5.41, 5.74) is 0. The molecule has 0 bridgehead atoms. The fourth-order valence-electron chi connectivity index (χ4n) is 1.48. The summed E-state index contributed by atoms with van der Waals surface area (Å²) in [6.07, 6.45) is 0. The maximum atomic E-state index is 12.1. The molecule has 1 heterocycles. The Bertz CT molecular complexity index is 365. The van der Waals surface area contributed by atoms with Crippen molar-refractivity contribution in [2.45, 2.75) is 19.9 Å². The topological polar surface area (TPSA) is 29.5 Å². The second-order valence-electron chi connectivity index (χ2n) is 4.08. The molecule has 0 saturated carbocycles. The molecular formula is C12H18BrNO2S. The van der Waals surface area contributed by atoms with Crippen LogP contribution in [0.3, 0.4) is 0 Å². The smallest absolute Gasteiger partial charge is 0.187 e. The number of halogens is 1. The van der Waals surface area contributed by atoms with Crippen LogP contribution in [0.25, 0.3) is 0 Å². The average molecular weight is 320 g/mol. The van der Waals surface area contributed by atoms with Crippen molar-refractivity contribution in [2.24, 2.45) is 0 Å². The highest BCUT2D eigenvalue weighted by Gasteiger charge is 2.17. The Kier molecular flexibility index (Phi) is 6.33. The molecular weight excluding hydrogens is 302 g/mol. The number of thiophene rings is 1. The fraction of sp³-hybridized carbons (Fsp3) is 0.583. The van der Waals surface area contributed by atoms with Crippen LogP contribution in [0.15, 0.2) is 15.9 Å². The molecule has 0 aliphatic carbocycles. The predicted molar refractivity (Wildman–Crippen MR) is 74.9 cm³/mol. The van der Waals surface area contributed by atoms with E-state index in [4.69, 9.17) is 4.74 Å². The van der Waals surface area contributed by atoms with Gasteiger partial charge >= 0.3 is 0 Å². The van der Waals surface area contributed by atoms with E-state index in [1.165, 1.54) is 11.3 Å². The van der Waals surface area contributed by atoms with Gasteiger partial charge in [-0.1, -0.05) is 0 Å². The zero-order valence-corrected chi connectivity index (χ0v) is 12.8. The third kappa shape index (κ3) is 4.50. The van der Waals surface area contributed by atoms with Gasteiger partial charge in [0.1, 0.15) is 0 Å². The van der Waals surface area contributed by atoms with Gasteiger partial charge in [-0.2, -0.15) is 0 Å². The van der Waals surface area contributed by atoms with Crippen molar-refractivity contribution in [3.8, 4) is 0 Å². The van der Waals surface area contributed by atoms with Crippen molar-refractivity contribution >= 4 is 33.0 Å². The molecule has 0 spiro atoms. The zero-order valence-electron chi connectivity index (χ0n) is 10.4. The van der Waals surface area contributed by atoms with Crippen LogP contribution >= 0.6 is 27.3 Å². The van der Waals surface area contributed by atoms with Gasteiger partial charge in [-0.3, -0.25) is 9.69 Å². The number of ketones is 1. The normalized spacial score (nSPS) is 11.4. The minimum atomic E-state index is 0.164. The van der Waals surface area contributed by atoms with E-state index in [0.717, 1.165) is 15.9 Å². The van der Waals surface area contributed by atoms with E-state index < -0.39 is 0 Å². The Morgan fingerprint density at radius 1 is 1.59 bits per heavy atom. The van der Waals surface area contributed by atoms with Crippen LogP contribution in [0.4, 0.5) is 0 Å².